The Kier molecular flexibility index (Phi) is 5.46. The monoisotopic (exact) mass is 187 g/mol. The normalized spacial score (nSPS) is 14.8. The molecule has 0 aromatic rings. The summed E-state index contributed by atoms with van der Waals surface area (Å²) in [6.07, 6.45) is 0. The van der Waals surface area contributed by atoms with Crippen LogP contribution in [0.3, 0.4) is 0 Å². The molecule has 0 fully saturated rings. The molecule has 0 spiro atoms. The molecular weight excluding hydrogens is 166 g/mol. The molecule has 0 aromatic carbocycles. The first-order chi connectivity index (χ1) is 6.02. The molecule has 0 aliphatic heterocycles. The van der Waals surface area contributed by atoms with Gasteiger partial charge in [0.25, 0.3) is 0 Å². The molecule has 2 amide bonds. The van der Waals surface area contributed by atoms with Crippen molar-refractivity contribution in [2.24, 2.45) is 11.7 Å². The Morgan fingerprint density at radius 1 is 1.54 bits per heavy atom. The standard InChI is InChI=1S/C9H21N3O/c1-5-12(4)9(13)11-8(3)7(2)6-10/h7-8H,5-6,10H2,1-4H3,(H,11,13). The van der Waals surface area contributed by atoms with Crippen molar-refractivity contribution in [2.45, 2.75) is 26.8 Å². The number of carbonyl (C=O) groups is 1. The van der Waals surface area contributed by atoms with E-state index < -0.39 is 0 Å². The number of hydrogen-bond acceptors (Lipinski definition) is 2. The highest BCUT2D eigenvalue weighted by Crippen LogP contribution is 2.00. The van der Waals surface area contributed by atoms with Crippen LogP contribution in [0.5, 0.6) is 0 Å². The van der Waals surface area contributed by atoms with Gasteiger partial charge in [-0.15, -0.1) is 0 Å². The molecule has 0 aliphatic carbocycles. The van der Waals surface area contributed by atoms with E-state index in [1.165, 1.54) is 0 Å². The van der Waals surface area contributed by atoms with E-state index in [4.69, 9.17) is 5.73 Å². The topological polar surface area (TPSA) is 58.4 Å². The van der Waals surface area contributed by atoms with Crippen molar-refractivity contribution in [1.29, 1.82) is 0 Å². The maximum absolute atomic E-state index is 11.4. The molecule has 0 rings (SSSR count). The molecule has 0 saturated carbocycles. The van der Waals surface area contributed by atoms with E-state index >= 15 is 0 Å². The maximum atomic E-state index is 11.4. The first-order valence-corrected chi connectivity index (χ1v) is 4.74. The lowest BCUT2D eigenvalue weighted by Gasteiger charge is -2.23. The molecule has 0 aromatic heterocycles. The van der Waals surface area contributed by atoms with Crippen LogP contribution in [0, 0.1) is 5.92 Å². The van der Waals surface area contributed by atoms with Crippen molar-refractivity contribution in [3.05, 3.63) is 0 Å². The predicted octanol–water partition coefficient (Wildman–Crippen LogP) is 0.631. The molecule has 2 atom stereocenters. The molecule has 0 bridgehead atoms. The molecule has 0 radical (unpaired) electrons. The average molecular weight is 187 g/mol. The van der Waals surface area contributed by atoms with E-state index in [0.29, 0.717) is 12.5 Å². The Bertz CT molecular complexity index is 161. The maximum Gasteiger partial charge on any atom is 0.317 e. The lowest BCUT2D eigenvalue weighted by atomic mass is 10.0. The summed E-state index contributed by atoms with van der Waals surface area (Å²) in [5, 5.41) is 2.89. The molecule has 2 unspecified atom stereocenters. The minimum Gasteiger partial charge on any atom is -0.335 e. The van der Waals surface area contributed by atoms with Crippen LogP contribution in [-0.2, 0) is 0 Å². The fraction of sp³-hybridized carbons (Fsp3) is 0.889. The Morgan fingerprint density at radius 2 is 2.08 bits per heavy atom. The van der Waals surface area contributed by atoms with Crippen molar-refractivity contribution in [1.82, 2.24) is 10.2 Å². The van der Waals surface area contributed by atoms with Crippen LogP contribution in [0.4, 0.5) is 4.79 Å². The smallest absolute Gasteiger partial charge is 0.317 e. The third-order valence-corrected chi connectivity index (χ3v) is 2.40. The van der Waals surface area contributed by atoms with Crippen molar-refractivity contribution < 1.29 is 4.79 Å². The Hall–Kier alpha value is -0.770. The van der Waals surface area contributed by atoms with Crippen molar-refractivity contribution in [2.75, 3.05) is 20.1 Å². The second-order valence-electron chi connectivity index (χ2n) is 3.47. The predicted molar refractivity (Wildman–Crippen MR) is 54.5 cm³/mol. The third-order valence-electron chi connectivity index (χ3n) is 2.40. The van der Waals surface area contributed by atoms with E-state index in [9.17, 15) is 4.79 Å². The Balaban J connectivity index is 3.91. The van der Waals surface area contributed by atoms with Crippen LogP contribution in [0.15, 0.2) is 0 Å². The molecular formula is C9H21N3O. The fourth-order valence-corrected chi connectivity index (χ4v) is 0.795. The van der Waals surface area contributed by atoms with Gasteiger partial charge in [-0.05, 0) is 26.3 Å². The summed E-state index contributed by atoms with van der Waals surface area (Å²) in [7, 11) is 1.77. The van der Waals surface area contributed by atoms with Gasteiger partial charge in [-0.1, -0.05) is 6.92 Å². The highest BCUT2D eigenvalue weighted by atomic mass is 16.2. The number of amides is 2. The fourth-order valence-electron chi connectivity index (χ4n) is 0.795. The summed E-state index contributed by atoms with van der Waals surface area (Å²) in [6, 6.07) is 0.0989. The van der Waals surface area contributed by atoms with Crippen LogP contribution in [0.2, 0.25) is 0 Å². The van der Waals surface area contributed by atoms with Gasteiger partial charge in [0.15, 0.2) is 0 Å². The highest BCUT2D eigenvalue weighted by Gasteiger charge is 2.14. The lowest BCUT2D eigenvalue weighted by Crippen LogP contribution is -2.45. The minimum atomic E-state index is -0.0321. The summed E-state index contributed by atoms with van der Waals surface area (Å²) in [4.78, 5) is 13.0. The third kappa shape index (κ3) is 4.12. The van der Waals surface area contributed by atoms with Gasteiger partial charge in [-0.2, -0.15) is 0 Å². The number of nitrogens with zero attached hydrogens (tertiary/aromatic N) is 1. The van der Waals surface area contributed by atoms with Crippen molar-refractivity contribution >= 4 is 6.03 Å². The van der Waals surface area contributed by atoms with Crippen LogP contribution in [0.1, 0.15) is 20.8 Å². The van der Waals surface area contributed by atoms with E-state index in [1.54, 1.807) is 11.9 Å². The lowest BCUT2D eigenvalue weighted by molar-refractivity contribution is 0.204. The quantitative estimate of drug-likeness (QED) is 0.678. The van der Waals surface area contributed by atoms with Crippen LogP contribution in [0.25, 0.3) is 0 Å². The van der Waals surface area contributed by atoms with Gasteiger partial charge in [0.1, 0.15) is 0 Å². The van der Waals surface area contributed by atoms with E-state index in [0.717, 1.165) is 6.54 Å². The summed E-state index contributed by atoms with van der Waals surface area (Å²) in [6.45, 7) is 7.25. The summed E-state index contributed by atoms with van der Waals surface area (Å²) in [5.41, 5.74) is 5.49. The molecule has 3 N–H and O–H groups in total. The highest BCUT2D eigenvalue weighted by molar-refractivity contribution is 5.74. The molecule has 13 heavy (non-hydrogen) atoms. The Labute approximate surface area is 80.5 Å². The van der Waals surface area contributed by atoms with Gasteiger partial charge in [-0.3, -0.25) is 0 Å². The summed E-state index contributed by atoms with van der Waals surface area (Å²) in [5.74, 6) is 0.314. The van der Waals surface area contributed by atoms with Crippen molar-refractivity contribution in [3.63, 3.8) is 0 Å². The molecule has 4 nitrogen and oxygen atoms in total. The zero-order valence-corrected chi connectivity index (χ0v) is 9.00. The average Bonchev–Trinajstić information content (AvgIpc) is 2.14. The zero-order valence-electron chi connectivity index (χ0n) is 9.00. The number of rotatable bonds is 4. The van der Waals surface area contributed by atoms with Gasteiger partial charge in [-0.25, -0.2) is 4.79 Å². The van der Waals surface area contributed by atoms with Crippen LogP contribution >= 0.6 is 0 Å². The zero-order chi connectivity index (χ0) is 10.4. The van der Waals surface area contributed by atoms with Gasteiger partial charge >= 0.3 is 6.03 Å². The minimum absolute atomic E-state index is 0.0321. The summed E-state index contributed by atoms with van der Waals surface area (Å²) >= 11 is 0. The van der Waals surface area contributed by atoms with Crippen molar-refractivity contribution in [3.8, 4) is 0 Å². The molecule has 78 valence electrons. The van der Waals surface area contributed by atoms with Crippen LogP contribution < -0.4 is 11.1 Å². The van der Waals surface area contributed by atoms with E-state index in [1.807, 2.05) is 20.8 Å². The van der Waals surface area contributed by atoms with Gasteiger partial charge < -0.3 is 16.0 Å². The second-order valence-corrected chi connectivity index (χ2v) is 3.47. The molecule has 0 saturated heterocycles. The SMILES string of the molecule is CCN(C)C(=O)NC(C)C(C)CN. The van der Waals surface area contributed by atoms with E-state index in [-0.39, 0.29) is 12.1 Å². The van der Waals surface area contributed by atoms with Gasteiger partial charge in [0, 0.05) is 19.6 Å². The van der Waals surface area contributed by atoms with Crippen LogP contribution in [-0.4, -0.2) is 37.1 Å². The number of nitrogens with one attached hydrogen (secondary N) is 1. The first kappa shape index (κ1) is 12.2. The number of nitrogens with two attached hydrogens (primary N) is 1. The number of hydrogen-bond donors (Lipinski definition) is 2. The molecule has 0 aliphatic rings. The molecule has 4 heteroatoms. The Morgan fingerprint density at radius 3 is 2.46 bits per heavy atom. The first-order valence-electron chi connectivity index (χ1n) is 4.74. The van der Waals surface area contributed by atoms with E-state index in [2.05, 4.69) is 5.32 Å². The second kappa shape index (κ2) is 5.80. The van der Waals surface area contributed by atoms with Gasteiger partial charge in [0.05, 0.1) is 0 Å². The van der Waals surface area contributed by atoms with Gasteiger partial charge in [0.2, 0.25) is 0 Å². The summed E-state index contributed by atoms with van der Waals surface area (Å²) < 4.78 is 0. The largest absolute Gasteiger partial charge is 0.335 e. The number of carbonyl (C=O) groups excluding carboxylic acids is 1. The number of urea groups is 1. The molecule has 0 heterocycles.